The van der Waals surface area contributed by atoms with Crippen LogP contribution >= 0.6 is 11.6 Å². The number of aromatic nitrogens is 2. The van der Waals surface area contributed by atoms with Crippen LogP contribution in [0.1, 0.15) is 21.6 Å². The topological polar surface area (TPSA) is 70.4 Å². The fraction of sp³-hybridized carbons (Fsp3) is 0.125. The highest BCUT2D eigenvalue weighted by atomic mass is 35.5. The van der Waals surface area contributed by atoms with Gasteiger partial charge in [-0.3, -0.25) is 4.79 Å². The molecule has 0 saturated carbocycles. The number of nitrogens with zero attached hydrogens (tertiary/aromatic N) is 2. The lowest BCUT2D eigenvalue weighted by atomic mass is 10.1. The molecule has 0 aliphatic rings. The molecule has 0 aliphatic heterocycles. The molecule has 0 radical (unpaired) electrons. The molecule has 6 nitrogen and oxygen atoms in total. The number of fused-ring (bicyclic) bond motifs is 1. The molecule has 0 amide bonds. The fourth-order valence-corrected chi connectivity index (χ4v) is 3.52. The molecule has 0 spiro atoms. The summed E-state index contributed by atoms with van der Waals surface area (Å²) < 4.78 is 12.1. The van der Waals surface area contributed by atoms with Crippen molar-refractivity contribution in [3.8, 4) is 5.75 Å². The van der Waals surface area contributed by atoms with Crippen LogP contribution in [0, 0.1) is 0 Å². The second-order valence-electron chi connectivity index (χ2n) is 6.87. The highest BCUT2D eigenvalue weighted by Crippen LogP contribution is 2.24. The van der Waals surface area contributed by atoms with E-state index < -0.39 is 5.97 Å². The number of hydrogen-bond donors (Lipinski definition) is 0. The molecule has 0 unspecified atom stereocenters. The van der Waals surface area contributed by atoms with Gasteiger partial charge in [0.2, 0.25) is 0 Å². The first kappa shape index (κ1) is 20.6. The smallest absolute Gasteiger partial charge is 0.359 e. The number of methoxy groups -OCH3 is 1. The summed E-state index contributed by atoms with van der Waals surface area (Å²) in [5.74, 6) is -0.0795. The van der Waals surface area contributed by atoms with Gasteiger partial charge in [-0.2, -0.15) is 5.10 Å². The molecular formula is C24H19ClN2O4. The number of benzene rings is 3. The van der Waals surface area contributed by atoms with E-state index in [0.717, 1.165) is 5.56 Å². The molecule has 0 N–H and O–H groups in total. The van der Waals surface area contributed by atoms with Gasteiger partial charge in [0, 0.05) is 16.0 Å². The number of esters is 1. The molecule has 4 aromatic rings. The van der Waals surface area contributed by atoms with Crippen LogP contribution in [-0.2, 0) is 17.9 Å². The Morgan fingerprint density at radius 3 is 2.45 bits per heavy atom. The van der Waals surface area contributed by atoms with Gasteiger partial charge in [0.15, 0.2) is 5.69 Å². The minimum absolute atomic E-state index is 0.0453. The van der Waals surface area contributed by atoms with Crippen LogP contribution in [0.5, 0.6) is 5.75 Å². The van der Waals surface area contributed by atoms with E-state index in [9.17, 15) is 9.59 Å². The summed E-state index contributed by atoms with van der Waals surface area (Å²) >= 11 is 6.05. The van der Waals surface area contributed by atoms with E-state index in [0.29, 0.717) is 27.1 Å². The van der Waals surface area contributed by atoms with Gasteiger partial charge in [0.25, 0.3) is 5.56 Å². The Hall–Kier alpha value is -3.64. The van der Waals surface area contributed by atoms with Gasteiger partial charge < -0.3 is 9.47 Å². The molecule has 0 saturated heterocycles. The van der Waals surface area contributed by atoms with Gasteiger partial charge in [0.05, 0.1) is 19.0 Å². The molecule has 3 aromatic carbocycles. The SMILES string of the molecule is COc1ccc(Cl)cc1COC(=O)c1nn(Cc2ccccc2)c(=O)c2ccccc12. The van der Waals surface area contributed by atoms with E-state index in [-0.39, 0.29) is 24.4 Å². The van der Waals surface area contributed by atoms with Crippen LogP contribution in [0.4, 0.5) is 0 Å². The Morgan fingerprint density at radius 2 is 1.71 bits per heavy atom. The van der Waals surface area contributed by atoms with Gasteiger partial charge in [-0.25, -0.2) is 9.48 Å². The van der Waals surface area contributed by atoms with Crippen molar-refractivity contribution in [3.63, 3.8) is 0 Å². The second-order valence-corrected chi connectivity index (χ2v) is 7.31. The molecular weight excluding hydrogens is 416 g/mol. The number of ether oxygens (including phenoxy) is 2. The van der Waals surface area contributed by atoms with Crippen molar-refractivity contribution in [2.45, 2.75) is 13.2 Å². The van der Waals surface area contributed by atoms with Crippen molar-refractivity contribution in [1.82, 2.24) is 9.78 Å². The van der Waals surface area contributed by atoms with Gasteiger partial charge in [-0.1, -0.05) is 60.1 Å². The molecule has 4 rings (SSSR count). The lowest BCUT2D eigenvalue weighted by Crippen LogP contribution is -2.27. The van der Waals surface area contributed by atoms with Crippen molar-refractivity contribution < 1.29 is 14.3 Å². The number of carbonyl (C=O) groups is 1. The molecule has 1 aromatic heterocycles. The molecule has 0 bridgehead atoms. The maximum atomic E-state index is 13.0. The summed E-state index contributed by atoms with van der Waals surface area (Å²) in [6.45, 7) is 0.198. The van der Waals surface area contributed by atoms with Crippen molar-refractivity contribution in [2.75, 3.05) is 7.11 Å². The lowest BCUT2D eigenvalue weighted by Gasteiger charge is -2.12. The highest BCUT2D eigenvalue weighted by molar-refractivity contribution is 6.30. The Kier molecular flexibility index (Phi) is 6.00. The van der Waals surface area contributed by atoms with E-state index in [4.69, 9.17) is 21.1 Å². The van der Waals surface area contributed by atoms with Crippen LogP contribution in [0.2, 0.25) is 5.02 Å². The summed E-state index contributed by atoms with van der Waals surface area (Å²) in [5.41, 5.74) is 1.33. The maximum absolute atomic E-state index is 13.0. The molecule has 0 fully saturated rings. The Balaban J connectivity index is 1.69. The average molecular weight is 435 g/mol. The molecule has 7 heteroatoms. The van der Waals surface area contributed by atoms with Gasteiger partial charge in [-0.15, -0.1) is 0 Å². The molecule has 0 atom stereocenters. The zero-order valence-corrected chi connectivity index (χ0v) is 17.5. The standard InChI is InChI=1S/C24H19ClN2O4/c1-30-21-12-11-18(25)13-17(21)15-31-24(29)22-19-9-5-6-10-20(19)23(28)27(26-22)14-16-7-3-2-4-8-16/h2-13H,14-15H2,1H3. The molecule has 156 valence electrons. The van der Waals surface area contributed by atoms with Gasteiger partial charge >= 0.3 is 5.97 Å². The minimum atomic E-state index is -0.639. The number of rotatable bonds is 6. The van der Waals surface area contributed by atoms with Gasteiger partial charge in [0.1, 0.15) is 12.4 Å². The first-order valence-corrected chi connectivity index (χ1v) is 9.98. The molecule has 31 heavy (non-hydrogen) atoms. The third-order valence-corrected chi connectivity index (χ3v) is 5.07. The average Bonchev–Trinajstić information content (AvgIpc) is 2.80. The summed E-state index contributed by atoms with van der Waals surface area (Å²) in [6.07, 6.45) is 0. The number of carbonyl (C=O) groups excluding carboxylic acids is 1. The van der Waals surface area contributed by atoms with Crippen molar-refractivity contribution in [2.24, 2.45) is 0 Å². The minimum Gasteiger partial charge on any atom is -0.496 e. The lowest BCUT2D eigenvalue weighted by molar-refractivity contribution is 0.0463. The predicted molar refractivity (Wildman–Crippen MR) is 119 cm³/mol. The quantitative estimate of drug-likeness (QED) is 0.419. The first-order valence-electron chi connectivity index (χ1n) is 9.60. The summed E-state index contributed by atoms with van der Waals surface area (Å²) in [6, 6.07) is 21.4. The van der Waals surface area contributed by atoms with E-state index in [1.807, 2.05) is 30.3 Å². The van der Waals surface area contributed by atoms with E-state index >= 15 is 0 Å². The molecule has 1 heterocycles. The Morgan fingerprint density at radius 1 is 1.00 bits per heavy atom. The Bertz CT molecular complexity index is 1300. The largest absolute Gasteiger partial charge is 0.496 e. The third kappa shape index (κ3) is 4.44. The second kappa shape index (κ2) is 9.02. The fourth-order valence-electron chi connectivity index (χ4n) is 3.32. The summed E-state index contributed by atoms with van der Waals surface area (Å²) in [5, 5.41) is 5.69. The van der Waals surface area contributed by atoms with E-state index in [1.54, 1.807) is 42.5 Å². The van der Waals surface area contributed by atoms with Crippen LogP contribution in [0.3, 0.4) is 0 Å². The van der Waals surface area contributed by atoms with Gasteiger partial charge in [-0.05, 0) is 29.8 Å². The Labute approximate surface area is 183 Å². The van der Waals surface area contributed by atoms with Crippen LogP contribution in [-0.4, -0.2) is 22.9 Å². The number of hydrogen-bond acceptors (Lipinski definition) is 5. The van der Waals surface area contributed by atoms with Crippen molar-refractivity contribution in [1.29, 1.82) is 0 Å². The number of halogens is 1. The predicted octanol–water partition coefficient (Wildman–Crippen LogP) is 4.46. The molecule has 0 aliphatic carbocycles. The van der Waals surface area contributed by atoms with Crippen LogP contribution < -0.4 is 10.3 Å². The van der Waals surface area contributed by atoms with Crippen molar-refractivity contribution in [3.05, 3.63) is 105 Å². The van der Waals surface area contributed by atoms with E-state index in [2.05, 4.69) is 5.10 Å². The van der Waals surface area contributed by atoms with Crippen LogP contribution in [0.25, 0.3) is 10.8 Å². The zero-order chi connectivity index (χ0) is 21.8. The summed E-state index contributed by atoms with van der Waals surface area (Å²) in [7, 11) is 1.53. The highest BCUT2D eigenvalue weighted by Gasteiger charge is 2.19. The third-order valence-electron chi connectivity index (χ3n) is 4.84. The zero-order valence-electron chi connectivity index (χ0n) is 16.7. The first-order chi connectivity index (χ1) is 15.1. The summed E-state index contributed by atoms with van der Waals surface area (Å²) in [4.78, 5) is 25.9. The maximum Gasteiger partial charge on any atom is 0.359 e. The van der Waals surface area contributed by atoms with E-state index in [1.165, 1.54) is 11.8 Å². The monoisotopic (exact) mass is 434 g/mol. The van der Waals surface area contributed by atoms with Crippen molar-refractivity contribution >= 4 is 28.3 Å². The van der Waals surface area contributed by atoms with Crippen LogP contribution in [0.15, 0.2) is 77.6 Å². The normalized spacial score (nSPS) is 10.8.